The zero-order valence-electron chi connectivity index (χ0n) is 21.3. The second kappa shape index (κ2) is 10.4. The van der Waals surface area contributed by atoms with E-state index < -0.39 is 22.6 Å². The van der Waals surface area contributed by atoms with E-state index in [2.05, 4.69) is 4.90 Å². The smallest absolute Gasteiger partial charge is 0.368 e. The van der Waals surface area contributed by atoms with Crippen molar-refractivity contribution in [2.45, 2.75) is 18.5 Å². The third kappa shape index (κ3) is 5.45. The summed E-state index contributed by atoms with van der Waals surface area (Å²) in [5.74, 6) is -0.688. The molecule has 1 aliphatic heterocycles. The van der Waals surface area contributed by atoms with E-state index >= 15 is 0 Å². The van der Waals surface area contributed by atoms with Crippen molar-refractivity contribution in [3.63, 3.8) is 0 Å². The molecule has 0 spiro atoms. The number of nitrogens with zero attached hydrogens (tertiary/aromatic N) is 4. The van der Waals surface area contributed by atoms with Gasteiger partial charge in [-0.15, -0.1) is 0 Å². The van der Waals surface area contributed by atoms with Crippen LogP contribution in [0, 0.1) is 10.1 Å². The molecule has 1 amide bonds. The monoisotopic (exact) mass is 536 g/mol. The Kier molecular flexibility index (Phi) is 7.03. The Morgan fingerprint density at radius 1 is 0.974 bits per heavy atom. The van der Waals surface area contributed by atoms with Crippen molar-refractivity contribution in [2.75, 3.05) is 31.1 Å². The van der Waals surface area contributed by atoms with Gasteiger partial charge in [0, 0.05) is 80.5 Å². The van der Waals surface area contributed by atoms with E-state index in [0.29, 0.717) is 31.7 Å². The molecule has 3 aromatic carbocycles. The molecule has 1 saturated heterocycles. The van der Waals surface area contributed by atoms with Gasteiger partial charge in [0.05, 0.1) is 10.5 Å². The van der Waals surface area contributed by atoms with Crippen molar-refractivity contribution in [3.8, 4) is 0 Å². The van der Waals surface area contributed by atoms with Crippen LogP contribution in [-0.4, -0.2) is 46.5 Å². The summed E-state index contributed by atoms with van der Waals surface area (Å²) in [6, 6.07) is 19.2. The van der Waals surface area contributed by atoms with Gasteiger partial charge in [-0.25, -0.2) is 0 Å². The van der Waals surface area contributed by atoms with Gasteiger partial charge in [0.25, 0.3) is 5.69 Å². The molecule has 0 bridgehead atoms. The molecule has 2 heterocycles. The number of benzene rings is 3. The van der Waals surface area contributed by atoms with E-state index in [4.69, 9.17) is 0 Å². The number of carbonyl (C=O) groups is 1. The summed E-state index contributed by atoms with van der Waals surface area (Å²) >= 11 is 0. The van der Waals surface area contributed by atoms with Crippen LogP contribution in [0.25, 0.3) is 10.9 Å². The molecule has 39 heavy (non-hydrogen) atoms. The molecule has 1 aromatic heterocycles. The van der Waals surface area contributed by atoms with Gasteiger partial charge in [0.15, 0.2) is 0 Å². The van der Waals surface area contributed by atoms with E-state index in [1.54, 1.807) is 23.1 Å². The Morgan fingerprint density at radius 2 is 1.67 bits per heavy atom. The number of anilines is 1. The number of hydrogen-bond donors (Lipinski definition) is 0. The lowest BCUT2D eigenvalue weighted by molar-refractivity contribution is -0.384. The fourth-order valence-electron chi connectivity index (χ4n) is 5.29. The van der Waals surface area contributed by atoms with Gasteiger partial charge in [-0.1, -0.05) is 36.4 Å². The number of rotatable bonds is 6. The molecule has 1 atom stereocenters. The highest BCUT2D eigenvalue weighted by atomic mass is 19.4. The summed E-state index contributed by atoms with van der Waals surface area (Å²) in [6.07, 6.45) is -2.56. The van der Waals surface area contributed by atoms with Crippen LogP contribution in [-0.2, 0) is 18.0 Å². The van der Waals surface area contributed by atoms with Crippen LogP contribution in [0.4, 0.5) is 24.5 Å². The molecule has 0 saturated carbocycles. The van der Waals surface area contributed by atoms with E-state index in [1.165, 1.54) is 18.2 Å². The largest absolute Gasteiger partial charge is 0.416 e. The first kappa shape index (κ1) is 26.3. The Bertz CT molecular complexity index is 1510. The number of amides is 1. The minimum absolute atomic E-state index is 0.0154. The SMILES string of the molecule is Cn1cc([C@@H](CC(=O)N2CCN(c3ccc([N+](=O)[O-])cc3)CC2)c2cccc(C(F)(F)F)c2)c2ccccc21. The number of aryl methyl sites for hydroxylation is 1. The summed E-state index contributed by atoms with van der Waals surface area (Å²) < 4.78 is 42.6. The molecule has 0 aliphatic carbocycles. The first-order chi connectivity index (χ1) is 18.6. The van der Waals surface area contributed by atoms with Crippen LogP contribution in [0.15, 0.2) is 79.0 Å². The lowest BCUT2D eigenvalue weighted by Crippen LogP contribution is -2.49. The first-order valence-electron chi connectivity index (χ1n) is 12.6. The number of nitro groups is 1. The molecule has 202 valence electrons. The third-order valence-corrected chi connectivity index (χ3v) is 7.36. The van der Waals surface area contributed by atoms with Crippen LogP contribution >= 0.6 is 0 Å². The Hall–Kier alpha value is -4.34. The standard InChI is InChI=1S/C29H27F3N4O3/c1-33-19-26(24-7-2-3-8-27(24)33)25(20-5-4-6-21(17-20)29(30,31)32)18-28(37)35-15-13-34(14-16-35)22-9-11-23(12-10-22)36(38)39/h2-12,17,19,25H,13-16,18H2,1H3/t25-/m0/s1. The second-order valence-electron chi connectivity index (χ2n) is 9.73. The number of piperazine rings is 1. The molecule has 1 fully saturated rings. The van der Waals surface area contributed by atoms with Crippen molar-refractivity contribution in [1.29, 1.82) is 0 Å². The molecule has 1 aliphatic rings. The first-order valence-corrected chi connectivity index (χ1v) is 12.6. The van der Waals surface area contributed by atoms with Gasteiger partial charge >= 0.3 is 6.18 Å². The molecular formula is C29H27F3N4O3. The van der Waals surface area contributed by atoms with Crippen molar-refractivity contribution in [2.24, 2.45) is 7.05 Å². The highest BCUT2D eigenvalue weighted by Crippen LogP contribution is 2.38. The van der Waals surface area contributed by atoms with Crippen LogP contribution < -0.4 is 4.90 Å². The van der Waals surface area contributed by atoms with Gasteiger partial charge in [-0.05, 0) is 35.4 Å². The van der Waals surface area contributed by atoms with E-state index in [-0.39, 0.29) is 18.0 Å². The molecule has 10 heteroatoms. The number of carbonyl (C=O) groups excluding carboxylic acids is 1. The average molecular weight is 537 g/mol. The minimum Gasteiger partial charge on any atom is -0.368 e. The van der Waals surface area contributed by atoms with E-state index in [9.17, 15) is 28.1 Å². The Morgan fingerprint density at radius 3 is 2.33 bits per heavy atom. The predicted molar refractivity (Wildman–Crippen MR) is 143 cm³/mol. The predicted octanol–water partition coefficient (Wildman–Crippen LogP) is 5.98. The number of aromatic nitrogens is 1. The van der Waals surface area contributed by atoms with Gasteiger partial charge in [-0.2, -0.15) is 13.2 Å². The van der Waals surface area contributed by atoms with Crippen LogP contribution in [0.3, 0.4) is 0 Å². The maximum atomic E-state index is 13.6. The molecule has 5 rings (SSSR count). The maximum Gasteiger partial charge on any atom is 0.416 e. The van der Waals surface area contributed by atoms with Crippen molar-refractivity contribution in [3.05, 3.63) is 106 Å². The Labute approximate surface area is 223 Å². The molecule has 0 radical (unpaired) electrons. The number of hydrogen-bond acceptors (Lipinski definition) is 4. The zero-order valence-corrected chi connectivity index (χ0v) is 21.3. The van der Waals surface area contributed by atoms with E-state index in [0.717, 1.165) is 34.3 Å². The zero-order chi connectivity index (χ0) is 27.7. The van der Waals surface area contributed by atoms with Crippen LogP contribution in [0.2, 0.25) is 0 Å². The summed E-state index contributed by atoms with van der Waals surface area (Å²) in [5.41, 5.74) is 2.30. The lowest BCUT2D eigenvalue weighted by atomic mass is 9.87. The van der Waals surface area contributed by atoms with Crippen LogP contribution in [0.5, 0.6) is 0 Å². The number of fused-ring (bicyclic) bond motifs is 1. The summed E-state index contributed by atoms with van der Waals surface area (Å²) in [5, 5.41) is 11.8. The number of para-hydroxylation sites is 1. The molecule has 0 N–H and O–H groups in total. The van der Waals surface area contributed by atoms with Gasteiger partial charge in [0.1, 0.15) is 0 Å². The fourth-order valence-corrected chi connectivity index (χ4v) is 5.29. The normalized spacial score (nSPS) is 15.0. The van der Waals surface area contributed by atoms with E-state index in [1.807, 2.05) is 42.1 Å². The van der Waals surface area contributed by atoms with Crippen molar-refractivity contribution in [1.82, 2.24) is 9.47 Å². The Balaban J connectivity index is 1.38. The summed E-state index contributed by atoms with van der Waals surface area (Å²) in [4.78, 5) is 27.8. The van der Waals surface area contributed by atoms with Gasteiger partial charge in [0.2, 0.25) is 5.91 Å². The molecular weight excluding hydrogens is 509 g/mol. The number of alkyl halides is 3. The summed E-state index contributed by atoms with van der Waals surface area (Å²) in [7, 11) is 1.88. The highest BCUT2D eigenvalue weighted by molar-refractivity contribution is 5.86. The minimum atomic E-state index is -4.49. The maximum absolute atomic E-state index is 13.6. The fraction of sp³-hybridized carbons (Fsp3) is 0.276. The second-order valence-corrected chi connectivity index (χ2v) is 9.73. The molecule has 7 nitrogen and oxygen atoms in total. The quantitative estimate of drug-likeness (QED) is 0.225. The summed E-state index contributed by atoms with van der Waals surface area (Å²) in [6.45, 7) is 1.99. The number of halogens is 3. The third-order valence-electron chi connectivity index (χ3n) is 7.36. The molecule has 4 aromatic rings. The number of non-ortho nitro benzene ring substituents is 1. The topological polar surface area (TPSA) is 71.6 Å². The van der Waals surface area contributed by atoms with Gasteiger partial charge < -0.3 is 14.4 Å². The highest BCUT2D eigenvalue weighted by Gasteiger charge is 2.33. The van der Waals surface area contributed by atoms with Crippen molar-refractivity contribution < 1.29 is 22.9 Å². The van der Waals surface area contributed by atoms with Gasteiger partial charge in [-0.3, -0.25) is 14.9 Å². The lowest BCUT2D eigenvalue weighted by Gasteiger charge is -2.36. The number of nitro benzene ring substituents is 1. The molecule has 0 unspecified atom stereocenters. The van der Waals surface area contributed by atoms with Crippen molar-refractivity contribution >= 4 is 28.2 Å². The van der Waals surface area contributed by atoms with Crippen LogP contribution in [0.1, 0.15) is 29.0 Å². The average Bonchev–Trinajstić information content (AvgIpc) is 3.27.